The number of aromatic nitrogens is 1. The lowest BCUT2D eigenvalue weighted by atomic mass is 10.2. The maximum atomic E-state index is 13.4. The second kappa shape index (κ2) is 6.96. The second-order valence-electron chi connectivity index (χ2n) is 6.38. The minimum atomic E-state index is -4.08. The Morgan fingerprint density at radius 1 is 1.24 bits per heavy atom. The Balaban J connectivity index is 1.83. The summed E-state index contributed by atoms with van der Waals surface area (Å²) in [5, 5.41) is 0. The number of para-hydroxylation sites is 2. The number of hydrogen-bond donors (Lipinski definition) is 0. The van der Waals surface area contributed by atoms with Crippen LogP contribution < -0.4 is 14.8 Å². The van der Waals surface area contributed by atoms with Gasteiger partial charge < -0.3 is 13.9 Å². The van der Waals surface area contributed by atoms with Crippen LogP contribution in [0.1, 0.15) is 6.92 Å². The third kappa shape index (κ3) is 3.05. The topological polar surface area (TPSA) is 108 Å². The molecule has 4 rings (SSSR count). The van der Waals surface area contributed by atoms with E-state index in [-0.39, 0.29) is 22.8 Å². The number of fused-ring (bicyclic) bond motifs is 2. The first-order valence-electron chi connectivity index (χ1n) is 8.86. The van der Waals surface area contributed by atoms with E-state index >= 15 is 0 Å². The zero-order valence-electron chi connectivity index (χ0n) is 15.7. The minimum absolute atomic E-state index is 0.0673. The van der Waals surface area contributed by atoms with Gasteiger partial charge in [-0.3, -0.25) is 8.87 Å². The summed E-state index contributed by atoms with van der Waals surface area (Å²) in [5.41, 5.74) is 0.982. The number of carbonyl (C=O) groups is 1. The highest BCUT2D eigenvalue weighted by Gasteiger charge is 2.38. The van der Waals surface area contributed by atoms with Crippen molar-refractivity contribution in [3.63, 3.8) is 0 Å². The molecule has 10 heteroatoms. The third-order valence-corrected chi connectivity index (χ3v) is 6.52. The van der Waals surface area contributed by atoms with Crippen LogP contribution in [-0.4, -0.2) is 38.7 Å². The van der Waals surface area contributed by atoms with Crippen molar-refractivity contribution in [2.45, 2.75) is 24.5 Å². The van der Waals surface area contributed by atoms with Crippen molar-refractivity contribution in [2.24, 2.45) is 0 Å². The molecule has 152 valence electrons. The van der Waals surface area contributed by atoms with E-state index in [0.717, 1.165) is 4.31 Å². The fraction of sp³-hybridized carbons (Fsp3) is 0.263. The number of methoxy groups -OCH3 is 1. The fourth-order valence-corrected chi connectivity index (χ4v) is 4.81. The molecule has 0 bridgehead atoms. The molecule has 0 saturated carbocycles. The van der Waals surface area contributed by atoms with Gasteiger partial charge >= 0.3 is 11.7 Å². The number of benzene rings is 2. The molecule has 9 nitrogen and oxygen atoms in total. The molecular formula is C19H18N2O7S. The zero-order valence-corrected chi connectivity index (χ0v) is 16.5. The molecule has 0 unspecified atom stereocenters. The van der Waals surface area contributed by atoms with E-state index in [1.54, 1.807) is 31.2 Å². The van der Waals surface area contributed by atoms with E-state index in [4.69, 9.17) is 13.9 Å². The number of ether oxygens (including phenoxy) is 2. The van der Waals surface area contributed by atoms with Crippen LogP contribution in [0.3, 0.4) is 0 Å². The quantitative estimate of drug-likeness (QED) is 0.594. The van der Waals surface area contributed by atoms with E-state index in [0.29, 0.717) is 17.7 Å². The molecule has 29 heavy (non-hydrogen) atoms. The van der Waals surface area contributed by atoms with Crippen molar-refractivity contribution in [1.29, 1.82) is 0 Å². The predicted octanol–water partition coefficient (Wildman–Crippen LogP) is 1.74. The zero-order chi connectivity index (χ0) is 20.8. The predicted molar refractivity (Wildman–Crippen MR) is 104 cm³/mol. The van der Waals surface area contributed by atoms with E-state index in [1.807, 2.05) is 0 Å². The summed E-state index contributed by atoms with van der Waals surface area (Å²) in [6.45, 7) is 1.94. The van der Waals surface area contributed by atoms with Gasteiger partial charge in [-0.1, -0.05) is 12.1 Å². The molecule has 1 aliphatic heterocycles. The van der Waals surface area contributed by atoms with Gasteiger partial charge in [0.2, 0.25) is 6.10 Å². The smallest absolute Gasteiger partial charge is 0.419 e. The maximum Gasteiger partial charge on any atom is 0.419 e. The summed E-state index contributed by atoms with van der Waals surface area (Å²) in [4.78, 5) is 23.9. The number of aryl methyl sites for hydroxylation is 1. The van der Waals surface area contributed by atoms with Crippen LogP contribution in [0.2, 0.25) is 0 Å². The van der Waals surface area contributed by atoms with Gasteiger partial charge in [0.25, 0.3) is 10.0 Å². The lowest BCUT2D eigenvalue weighted by Crippen LogP contribution is -2.47. The van der Waals surface area contributed by atoms with Crippen LogP contribution >= 0.6 is 0 Å². The Hall–Kier alpha value is -3.27. The van der Waals surface area contributed by atoms with Crippen molar-refractivity contribution in [3.8, 4) is 5.75 Å². The van der Waals surface area contributed by atoms with E-state index in [9.17, 15) is 18.0 Å². The lowest BCUT2D eigenvalue weighted by Gasteiger charge is -2.34. The van der Waals surface area contributed by atoms with Gasteiger partial charge in [0.05, 0.1) is 29.8 Å². The maximum absolute atomic E-state index is 13.4. The van der Waals surface area contributed by atoms with E-state index in [2.05, 4.69) is 0 Å². The van der Waals surface area contributed by atoms with Gasteiger partial charge in [-0.15, -0.1) is 0 Å². The molecule has 2 aromatic carbocycles. The van der Waals surface area contributed by atoms with Crippen LogP contribution in [0.25, 0.3) is 11.1 Å². The lowest BCUT2D eigenvalue weighted by molar-refractivity contribution is -0.148. The monoisotopic (exact) mass is 418 g/mol. The largest absolute Gasteiger partial charge is 0.475 e. The molecular weight excluding hydrogens is 400 g/mol. The van der Waals surface area contributed by atoms with Crippen molar-refractivity contribution in [3.05, 3.63) is 53.0 Å². The van der Waals surface area contributed by atoms with Gasteiger partial charge in [-0.05, 0) is 31.2 Å². The SMILES string of the molecule is CCn1c(=O)oc2cc(S(=O)(=O)N3C[C@H](C(=O)OC)Oc4ccccc43)ccc21. The normalized spacial score (nSPS) is 16.3. The summed E-state index contributed by atoms with van der Waals surface area (Å²) in [6.07, 6.45) is -1.10. The van der Waals surface area contributed by atoms with Crippen LogP contribution in [0.4, 0.5) is 5.69 Å². The van der Waals surface area contributed by atoms with Crippen molar-refractivity contribution >= 4 is 32.8 Å². The Labute approximate surface area is 166 Å². The van der Waals surface area contributed by atoms with Crippen molar-refractivity contribution in [2.75, 3.05) is 18.0 Å². The highest BCUT2D eigenvalue weighted by atomic mass is 32.2. The Kier molecular flexibility index (Phi) is 4.58. The van der Waals surface area contributed by atoms with Gasteiger partial charge in [-0.2, -0.15) is 0 Å². The Morgan fingerprint density at radius 2 is 2.00 bits per heavy atom. The Bertz CT molecular complexity index is 1260. The number of anilines is 1. The average Bonchev–Trinajstić information content (AvgIpc) is 3.06. The standard InChI is InChI=1S/C19H18N2O7S/c1-3-20-13-9-8-12(10-16(13)28-19(20)23)29(24,25)21-11-17(18(22)26-2)27-15-7-5-4-6-14(15)21/h4-10,17H,3,11H2,1-2H3/t17-/m1/s1. The van der Waals surface area contributed by atoms with Gasteiger partial charge in [0, 0.05) is 12.6 Å². The number of carbonyl (C=O) groups excluding carboxylic acids is 1. The molecule has 2 heterocycles. The van der Waals surface area contributed by atoms with Crippen LogP contribution in [0.5, 0.6) is 5.75 Å². The number of sulfonamides is 1. The van der Waals surface area contributed by atoms with Crippen LogP contribution in [0, 0.1) is 0 Å². The number of oxazole rings is 1. The third-order valence-electron chi connectivity index (χ3n) is 4.74. The summed E-state index contributed by atoms with van der Waals surface area (Å²) in [5.74, 6) is -0.983. The molecule has 1 aliphatic rings. The molecule has 1 atom stereocenters. The molecule has 0 N–H and O–H groups in total. The van der Waals surface area contributed by atoms with Gasteiger partial charge in [-0.25, -0.2) is 18.0 Å². The summed E-state index contributed by atoms with van der Waals surface area (Å²) >= 11 is 0. The first kappa shape index (κ1) is 19.1. The summed E-state index contributed by atoms with van der Waals surface area (Å²) in [6, 6.07) is 10.8. The van der Waals surface area contributed by atoms with Crippen molar-refractivity contribution in [1.82, 2.24) is 4.57 Å². The van der Waals surface area contributed by atoms with Crippen LogP contribution in [0.15, 0.2) is 56.6 Å². The van der Waals surface area contributed by atoms with E-state index in [1.165, 1.54) is 29.9 Å². The molecule has 0 amide bonds. The van der Waals surface area contributed by atoms with Crippen molar-refractivity contribution < 1.29 is 27.1 Å². The molecule has 0 spiro atoms. The molecule has 0 radical (unpaired) electrons. The summed E-state index contributed by atoms with van der Waals surface area (Å²) in [7, 11) is -2.87. The highest BCUT2D eigenvalue weighted by Crippen LogP contribution is 2.37. The first-order chi connectivity index (χ1) is 13.9. The molecule has 0 fully saturated rings. The van der Waals surface area contributed by atoms with Gasteiger partial charge in [0.1, 0.15) is 5.75 Å². The minimum Gasteiger partial charge on any atom is -0.475 e. The average molecular weight is 418 g/mol. The number of hydrogen-bond acceptors (Lipinski definition) is 7. The van der Waals surface area contributed by atoms with E-state index < -0.39 is 27.9 Å². The molecule has 0 aliphatic carbocycles. The Morgan fingerprint density at radius 3 is 2.72 bits per heavy atom. The summed E-state index contributed by atoms with van der Waals surface area (Å²) < 4.78 is 44.8. The number of esters is 1. The number of rotatable bonds is 4. The fourth-order valence-electron chi connectivity index (χ4n) is 3.32. The molecule has 0 saturated heterocycles. The first-order valence-corrected chi connectivity index (χ1v) is 10.3. The highest BCUT2D eigenvalue weighted by molar-refractivity contribution is 7.92. The number of nitrogens with zero attached hydrogens (tertiary/aromatic N) is 2. The second-order valence-corrected chi connectivity index (χ2v) is 8.24. The molecule has 3 aromatic rings. The molecule has 1 aromatic heterocycles. The van der Waals surface area contributed by atoms with Gasteiger partial charge in [0.15, 0.2) is 5.58 Å². The van der Waals surface area contributed by atoms with Crippen LogP contribution in [-0.2, 0) is 26.1 Å².